The van der Waals surface area contributed by atoms with Crippen molar-refractivity contribution in [3.8, 4) is 11.5 Å². The van der Waals surface area contributed by atoms with E-state index in [9.17, 15) is 18.8 Å². The summed E-state index contributed by atoms with van der Waals surface area (Å²) in [7, 11) is 0. The van der Waals surface area contributed by atoms with Crippen LogP contribution < -0.4 is 19.7 Å². The molecule has 4 rings (SSSR count). The van der Waals surface area contributed by atoms with Crippen molar-refractivity contribution in [1.29, 1.82) is 0 Å². The molecule has 0 aromatic heterocycles. The van der Waals surface area contributed by atoms with E-state index in [4.69, 9.17) is 21.1 Å². The van der Waals surface area contributed by atoms with Gasteiger partial charge in [-0.3, -0.25) is 14.9 Å². The maximum Gasteiger partial charge on any atom is 0.335 e. The molecule has 1 heterocycles. The average molecular weight is 495 g/mol. The number of barbiturate groups is 1. The molecule has 4 amide bonds. The van der Waals surface area contributed by atoms with Gasteiger partial charge in [0.1, 0.15) is 29.5 Å². The Kier molecular flexibility index (Phi) is 7.12. The van der Waals surface area contributed by atoms with Crippen molar-refractivity contribution in [1.82, 2.24) is 5.32 Å². The third-order valence-corrected chi connectivity index (χ3v) is 5.30. The number of amides is 4. The molecule has 1 aliphatic heterocycles. The van der Waals surface area contributed by atoms with Crippen LogP contribution in [0.2, 0.25) is 5.02 Å². The fraction of sp³-hybridized carbons (Fsp3) is 0.115. The maximum absolute atomic E-state index is 13.5. The van der Waals surface area contributed by atoms with E-state index in [1.807, 2.05) is 6.92 Å². The highest BCUT2D eigenvalue weighted by Crippen LogP contribution is 2.29. The van der Waals surface area contributed by atoms with Crippen molar-refractivity contribution in [2.45, 2.75) is 13.5 Å². The second kappa shape index (κ2) is 10.4. The van der Waals surface area contributed by atoms with Crippen LogP contribution in [0.25, 0.3) is 6.08 Å². The minimum Gasteiger partial charge on any atom is -0.494 e. The molecule has 1 fully saturated rings. The summed E-state index contributed by atoms with van der Waals surface area (Å²) in [6.07, 6.45) is 1.30. The van der Waals surface area contributed by atoms with Gasteiger partial charge in [0.2, 0.25) is 0 Å². The van der Waals surface area contributed by atoms with Crippen LogP contribution in [-0.4, -0.2) is 24.5 Å². The number of hydrogen-bond donors (Lipinski definition) is 1. The summed E-state index contributed by atoms with van der Waals surface area (Å²) in [4.78, 5) is 39.1. The standard InChI is InChI=1S/C26H20ClFN2O5/c1-2-34-21-9-7-20(8-10-21)30-25(32)22(24(31)29-26(30)33)14-17-13-18(27)6-11-23(17)35-15-16-4-3-5-19(28)12-16/h3-14H,2,15H2,1H3,(H,29,31,33)/b22-14+. The fourth-order valence-corrected chi connectivity index (χ4v) is 3.64. The second-order valence-electron chi connectivity index (χ2n) is 7.49. The van der Waals surface area contributed by atoms with Crippen LogP contribution in [-0.2, 0) is 16.2 Å². The lowest BCUT2D eigenvalue weighted by molar-refractivity contribution is -0.122. The summed E-state index contributed by atoms with van der Waals surface area (Å²) in [5, 5.41) is 2.52. The molecule has 0 radical (unpaired) electrons. The van der Waals surface area contributed by atoms with Gasteiger partial charge in [-0.2, -0.15) is 0 Å². The zero-order valence-corrected chi connectivity index (χ0v) is 19.3. The van der Waals surface area contributed by atoms with E-state index in [0.29, 0.717) is 34.3 Å². The average Bonchev–Trinajstić information content (AvgIpc) is 2.82. The number of ether oxygens (including phenoxy) is 2. The predicted molar refractivity (Wildman–Crippen MR) is 129 cm³/mol. The van der Waals surface area contributed by atoms with Crippen LogP contribution in [0.15, 0.2) is 72.3 Å². The first-order chi connectivity index (χ1) is 16.9. The van der Waals surface area contributed by atoms with Gasteiger partial charge in [0.25, 0.3) is 11.8 Å². The summed E-state index contributed by atoms with van der Waals surface area (Å²) < 4.78 is 24.7. The van der Waals surface area contributed by atoms with Crippen molar-refractivity contribution >= 4 is 41.2 Å². The first-order valence-corrected chi connectivity index (χ1v) is 11.0. The van der Waals surface area contributed by atoms with E-state index >= 15 is 0 Å². The number of urea groups is 1. The number of carbonyl (C=O) groups is 3. The molecule has 1 aliphatic rings. The number of nitrogens with zero attached hydrogens (tertiary/aromatic N) is 1. The lowest BCUT2D eigenvalue weighted by Crippen LogP contribution is -2.54. The van der Waals surface area contributed by atoms with Gasteiger partial charge < -0.3 is 9.47 Å². The molecule has 1 N–H and O–H groups in total. The minimum atomic E-state index is -0.866. The van der Waals surface area contributed by atoms with Crippen LogP contribution in [0.5, 0.6) is 11.5 Å². The molecule has 0 saturated carbocycles. The number of imide groups is 2. The highest BCUT2D eigenvalue weighted by molar-refractivity contribution is 6.39. The molecule has 1 saturated heterocycles. The Balaban J connectivity index is 1.64. The summed E-state index contributed by atoms with van der Waals surface area (Å²) in [6.45, 7) is 2.35. The van der Waals surface area contributed by atoms with Gasteiger partial charge in [-0.05, 0) is 73.2 Å². The molecule has 0 aliphatic carbocycles. The number of benzene rings is 3. The van der Waals surface area contributed by atoms with Gasteiger partial charge in [0, 0.05) is 10.6 Å². The maximum atomic E-state index is 13.5. The number of carbonyl (C=O) groups excluding carboxylic acids is 3. The van der Waals surface area contributed by atoms with E-state index in [0.717, 1.165) is 4.90 Å². The molecule has 9 heteroatoms. The minimum absolute atomic E-state index is 0.0481. The van der Waals surface area contributed by atoms with E-state index in [2.05, 4.69) is 5.32 Å². The highest BCUT2D eigenvalue weighted by Gasteiger charge is 2.37. The Morgan fingerprint density at radius 3 is 2.49 bits per heavy atom. The summed E-state index contributed by atoms with van der Waals surface area (Å²) >= 11 is 6.14. The van der Waals surface area contributed by atoms with Crippen LogP contribution in [0, 0.1) is 5.82 Å². The van der Waals surface area contributed by atoms with Crippen molar-refractivity contribution in [3.05, 3.63) is 94.3 Å². The van der Waals surface area contributed by atoms with Crippen LogP contribution in [0.1, 0.15) is 18.1 Å². The second-order valence-corrected chi connectivity index (χ2v) is 7.92. The third-order valence-electron chi connectivity index (χ3n) is 5.06. The SMILES string of the molecule is CCOc1ccc(N2C(=O)NC(=O)/C(=C\c3cc(Cl)ccc3OCc3cccc(F)c3)C2=O)cc1. The molecule has 7 nitrogen and oxygen atoms in total. The van der Waals surface area contributed by atoms with Gasteiger partial charge in [-0.15, -0.1) is 0 Å². The molecule has 3 aromatic rings. The summed E-state index contributed by atoms with van der Waals surface area (Å²) in [6, 6.07) is 16.1. The van der Waals surface area contributed by atoms with Crippen molar-refractivity contribution in [2.24, 2.45) is 0 Å². The quantitative estimate of drug-likeness (QED) is 0.364. The van der Waals surface area contributed by atoms with Gasteiger partial charge in [0.05, 0.1) is 12.3 Å². The lowest BCUT2D eigenvalue weighted by Gasteiger charge is -2.26. The monoisotopic (exact) mass is 494 g/mol. The van der Waals surface area contributed by atoms with Gasteiger partial charge in [-0.1, -0.05) is 23.7 Å². The van der Waals surface area contributed by atoms with Gasteiger partial charge >= 0.3 is 6.03 Å². The summed E-state index contributed by atoms with van der Waals surface area (Å²) in [5.74, 6) is -1.16. The third kappa shape index (κ3) is 5.50. The molecule has 0 atom stereocenters. The Bertz CT molecular complexity index is 1320. The molecule has 3 aromatic carbocycles. The van der Waals surface area contributed by atoms with Gasteiger partial charge in [-0.25, -0.2) is 14.1 Å². The first kappa shape index (κ1) is 24.0. The zero-order valence-electron chi connectivity index (χ0n) is 18.6. The summed E-state index contributed by atoms with van der Waals surface area (Å²) in [5.41, 5.74) is 0.921. The molecule has 178 valence electrons. The Labute approximate surface area is 205 Å². The number of halogens is 2. The molecule has 35 heavy (non-hydrogen) atoms. The van der Waals surface area contributed by atoms with E-state index in [1.165, 1.54) is 24.3 Å². The topological polar surface area (TPSA) is 84.9 Å². The number of rotatable bonds is 7. The van der Waals surface area contributed by atoms with E-state index < -0.39 is 23.7 Å². The number of nitrogens with one attached hydrogen (secondary N) is 1. The van der Waals surface area contributed by atoms with Gasteiger partial charge in [0.15, 0.2) is 0 Å². The van der Waals surface area contributed by atoms with Crippen molar-refractivity contribution in [2.75, 3.05) is 11.5 Å². The molecular formula is C26H20ClFN2O5. The Morgan fingerprint density at radius 1 is 1.00 bits per heavy atom. The normalized spacial score (nSPS) is 14.8. The fourth-order valence-electron chi connectivity index (χ4n) is 3.46. The molecule has 0 bridgehead atoms. The molecular weight excluding hydrogens is 475 g/mol. The molecule has 0 spiro atoms. The zero-order chi connectivity index (χ0) is 24.9. The Hall–Kier alpha value is -4.17. The van der Waals surface area contributed by atoms with Crippen LogP contribution in [0.4, 0.5) is 14.9 Å². The van der Waals surface area contributed by atoms with E-state index in [1.54, 1.807) is 48.5 Å². The first-order valence-electron chi connectivity index (χ1n) is 10.7. The number of anilines is 1. The van der Waals surface area contributed by atoms with Crippen molar-refractivity contribution < 1.29 is 28.2 Å². The highest BCUT2D eigenvalue weighted by atomic mass is 35.5. The smallest absolute Gasteiger partial charge is 0.335 e. The largest absolute Gasteiger partial charge is 0.494 e. The molecule has 0 unspecified atom stereocenters. The predicted octanol–water partition coefficient (Wildman–Crippen LogP) is 5.12. The lowest BCUT2D eigenvalue weighted by atomic mass is 10.1. The number of hydrogen-bond acceptors (Lipinski definition) is 5. The van der Waals surface area contributed by atoms with Crippen LogP contribution >= 0.6 is 11.6 Å². The Morgan fingerprint density at radius 2 is 1.77 bits per heavy atom. The van der Waals surface area contributed by atoms with E-state index in [-0.39, 0.29) is 17.9 Å². The van der Waals surface area contributed by atoms with Crippen molar-refractivity contribution in [3.63, 3.8) is 0 Å². The van der Waals surface area contributed by atoms with Crippen LogP contribution in [0.3, 0.4) is 0 Å².